The molecule has 1 fully saturated rings. The van der Waals surface area contributed by atoms with E-state index in [9.17, 15) is 14.4 Å². The highest BCUT2D eigenvalue weighted by Gasteiger charge is 2.23. The zero-order valence-corrected chi connectivity index (χ0v) is 25.0. The minimum Gasteiger partial charge on any atom is -0.462 e. The molecule has 3 aromatic carbocycles. The van der Waals surface area contributed by atoms with Crippen molar-refractivity contribution in [2.45, 2.75) is 84.1 Å². The highest BCUT2D eigenvalue weighted by molar-refractivity contribution is 5.91. The summed E-state index contributed by atoms with van der Waals surface area (Å²) in [5, 5.41) is 6.22. The maximum Gasteiger partial charge on any atom is 0.338 e. The van der Waals surface area contributed by atoms with Gasteiger partial charge in [-0.1, -0.05) is 61.4 Å². The summed E-state index contributed by atoms with van der Waals surface area (Å²) in [6, 6.07) is 23.8. The molecule has 1 saturated carbocycles. The molecule has 6 heteroatoms. The fourth-order valence-electron chi connectivity index (χ4n) is 5.80. The second kappa shape index (κ2) is 15.9. The Morgan fingerprint density at radius 3 is 2.33 bits per heavy atom. The summed E-state index contributed by atoms with van der Waals surface area (Å²) >= 11 is 0. The summed E-state index contributed by atoms with van der Waals surface area (Å²) in [6.45, 7) is 4.28. The zero-order chi connectivity index (χ0) is 29.7. The molecule has 2 amide bonds. The highest BCUT2D eigenvalue weighted by atomic mass is 16.5. The lowest BCUT2D eigenvalue weighted by Crippen LogP contribution is -2.39. The van der Waals surface area contributed by atoms with Gasteiger partial charge in [-0.05, 0) is 105 Å². The van der Waals surface area contributed by atoms with Crippen LogP contribution in [0.15, 0.2) is 72.8 Å². The summed E-state index contributed by atoms with van der Waals surface area (Å²) in [7, 11) is 0. The average Bonchev–Trinajstić information content (AvgIpc) is 2.98. The summed E-state index contributed by atoms with van der Waals surface area (Å²) in [6.07, 6.45) is 8.87. The first-order chi connectivity index (χ1) is 20.4. The van der Waals surface area contributed by atoms with E-state index < -0.39 is 0 Å². The molecule has 222 valence electrons. The predicted octanol–water partition coefficient (Wildman–Crippen LogP) is 6.98. The van der Waals surface area contributed by atoms with E-state index in [1.54, 1.807) is 0 Å². The van der Waals surface area contributed by atoms with Crippen LogP contribution in [0.4, 0.5) is 5.69 Å². The van der Waals surface area contributed by atoms with Crippen LogP contribution in [0.5, 0.6) is 0 Å². The monoisotopic (exact) mass is 568 g/mol. The Labute approximate surface area is 250 Å². The Bertz CT molecular complexity index is 1320. The molecule has 0 saturated heterocycles. The van der Waals surface area contributed by atoms with E-state index in [-0.39, 0.29) is 23.8 Å². The van der Waals surface area contributed by atoms with Crippen LogP contribution in [0.2, 0.25) is 0 Å². The van der Waals surface area contributed by atoms with E-state index in [0.717, 1.165) is 56.2 Å². The van der Waals surface area contributed by atoms with Crippen molar-refractivity contribution in [3.05, 3.63) is 101 Å². The lowest BCUT2D eigenvalue weighted by molar-refractivity contribution is -0.121. The van der Waals surface area contributed by atoms with Crippen molar-refractivity contribution in [1.82, 2.24) is 5.32 Å². The van der Waals surface area contributed by atoms with Crippen molar-refractivity contribution in [3.8, 4) is 0 Å². The van der Waals surface area contributed by atoms with E-state index in [1.165, 1.54) is 23.1 Å². The number of amides is 2. The van der Waals surface area contributed by atoms with Crippen LogP contribution < -0.4 is 10.6 Å². The average molecular weight is 569 g/mol. The molecule has 42 heavy (non-hydrogen) atoms. The molecule has 6 nitrogen and oxygen atoms in total. The Morgan fingerprint density at radius 2 is 1.60 bits per heavy atom. The van der Waals surface area contributed by atoms with Crippen molar-refractivity contribution in [2.24, 2.45) is 5.92 Å². The topological polar surface area (TPSA) is 84.5 Å². The maximum atomic E-state index is 12.8. The number of nitrogens with one attached hydrogen (secondary N) is 2. The Kier molecular flexibility index (Phi) is 11.7. The van der Waals surface area contributed by atoms with Crippen LogP contribution in [-0.2, 0) is 33.6 Å². The SMILES string of the molecule is CCOC(=O)c1ccc(CCC2CCCC(NC(=O)Cc3ccc(NC(=O)CCCc4ccccc4C)cc3)C2)cc1. The van der Waals surface area contributed by atoms with E-state index in [2.05, 4.69) is 29.7 Å². The normalized spacial score (nSPS) is 16.4. The molecule has 3 aromatic rings. The standard InChI is InChI=1S/C36H44N2O4/c1-3-42-36(41)31-20-16-27(17-21-31)14-15-28-9-6-12-33(24-28)38-35(40)25-29-18-22-32(23-19-29)37-34(39)13-7-11-30-10-5-4-8-26(30)2/h4-5,8,10,16-23,28,33H,3,6-7,9,11-15,24-25H2,1-2H3,(H,37,39)(H,38,40). The van der Waals surface area contributed by atoms with Crippen LogP contribution >= 0.6 is 0 Å². The van der Waals surface area contributed by atoms with Gasteiger partial charge in [0.25, 0.3) is 0 Å². The molecule has 0 aliphatic heterocycles. The van der Waals surface area contributed by atoms with Gasteiger partial charge in [0.05, 0.1) is 18.6 Å². The Hall–Kier alpha value is -3.93. The van der Waals surface area contributed by atoms with Crippen LogP contribution in [0.25, 0.3) is 0 Å². The number of hydrogen-bond donors (Lipinski definition) is 2. The van der Waals surface area contributed by atoms with E-state index >= 15 is 0 Å². The van der Waals surface area contributed by atoms with Gasteiger partial charge < -0.3 is 15.4 Å². The highest BCUT2D eigenvalue weighted by Crippen LogP contribution is 2.28. The fraction of sp³-hybridized carbons (Fsp3) is 0.417. The quantitative estimate of drug-likeness (QED) is 0.218. The van der Waals surface area contributed by atoms with Crippen molar-refractivity contribution in [3.63, 3.8) is 0 Å². The molecule has 0 bridgehead atoms. The van der Waals surface area contributed by atoms with Gasteiger partial charge in [0.1, 0.15) is 0 Å². The number of ether oxygens (including phenoxy) is 1. The van der Waals surface area contributed by atoms with Gasteiger partial charge in [-0.15, -0.1) is 0 Å². The van der Waals surface area contributed by atoms with Crippen molar-refractivity contribution < 1.29 is 19.1 Å². The van der Waals surface area contributed by atoms with Gasteiger partial charge in [-0.3, -0.25) is 9.59 Å². The van der Waals surface area contributed by atoms with Crippen molar-refractivity contribution in [2.75, 3.05) is 11.9 Å². The molecular formula is C36H44N2O4. The smallest absolute Gasteiger partial charge is 0.338 e. The number of aryl methyl sites for hydroxylation is 3. The van der Waals surface area contributed by atoms with Gasteiger partial charge in [-0.25, -0.2) is 4.79 Å². The number of hydrogen-bond acceptors (Lipinski definition) is 4. The van der Waals surface area contributed by atoms with Gasteiger partial charge in [-0.2, -0.15) is 0 Å². The summed E-state index contributed by atoms with van der Waals surface area (Å²) in [4.78, 5) is 37.1. The van der Waals surface area contributed by atoms with Gasteiger partial charge in [0.2, 0.25) is 11.8 Å². The lowest BCUT2D eigenvalue weighted by Gasteiger charge is -2.30. The molecule has 4 rings (SSSR count). The van der Waals surface area contributed by atoms with Crippen LogP contribution in [0, 0.1) is 12.8 Å². The number of carbonyl (C=O) groups excluding carboxylic acids is 3. The largest absolute Gasteiger partial charge is 0.462 e. The third-order valence-corrected chi connectivity index (χ3v) is 8.17. The maximum absolute atomic E-state index is 12.8. The second-order valence-corrected chi connectivity index (χ2v) is 11.5. The van der Waals surface area contributed by atoms with Crippen LogP contribution in [0.3, 0.4) is 0 Å². The molecular weight excluding hydrogens is 524 g/mol. The van der Waals surface area contributed by atoms with Gasteiger partial charge in [0, 0.05) is 18.2 Å². The lowest BCUT2D eigenvalue weighted by atomic mass is 9.82. The fourth-order valence-corrected chi connectivity index (χ4v) is 5.80. The summed E-state index contributed by atoms with van der Waals surface area (Å²) in [5.41, 5.74) is 6.04. The minimum absolute atomic E-state index is 0.00891. The third-order valence-electron chi connectivity index (χ3n) is 8.17. The van der Waals surface area contributed by atoms with Gasteiger partial charge in [0.15, 0.2) is 0 Å². The second-order valence-electron chi connectivity index (χ2n) is 11.5. The molecule has 0 spiro atoms. The van der Waals surface area contributed by atoms with Gasteiger partial charge >= 0.3 is 5.97 Å². The van der Waals surface area contributed by atoms with E-state index in [4.69, 9.17) is 4.74 Å². The van der Waals surface area contributed by atoms with Crippen molar-refractivity contribution in [1.29, 1.82) is 0 Å². The Morgan fingerprint density at radius 1 is 0.857 bits per heavy atom. The van der Waals surface area contributed by atoms with E-state index in [0.29, 0.717) is 30.9 Å². The predicted molar refractivity (Wildman–Crippen MR) is 168 cm³/mol. The number of rotatable bonds is 13. The summed E-state index contributed by atoms with van der Waals surface area (Å²) in [5.74, 6) is 0.351. The molecule has 1 aliphatic rings. The first-order valence-corrected chi connectivity index (χ1v) is 15.4. The molecule has 2 unspecified atom stereocenters. The molecule has 0 heterocycles. The molecule has 2 atom stereocenters. The number of carbonyl (C=O) groups is 3. The molecule has 2 N–H and O–H groups in total. The third kappa shape index (κ3) is 9.86. The van der Waals surface area contributed by atoms with E-state index in [1.807, 2.05) is 67.6 Å². The molecule has 0 aromatic heterocycles. The zero-order valence-electron chi connectivity index (χ0n) is 25.0. The number of benzene rings is 3. The number of anilines is 1. The van der Waals surface area contributed by atoms with Crippen LogP contribution in [-0.4, -0.2) is 30.4 Å². The number of esters is 1. The first-order valence-electron chi connectivity index (χ1n) is 15.4. The summed E-state index contributed by atoms with van der Waals surface area (Å²) < 4.78 is 5.06. The molecule has 0 radical (unpaired) electrons. The minimum atomic E-state index is -0.280. The molecule has 1 aliphatic carbocycles. The first kappa shape index (κ1) is 31.0. The Balaban J connectivity index is 1.15. The van der Waals surface area contributed by atoms with Crippen molar-refractivity contribution >= 4 is 23.5 Å². The van der Waals surface area contributed by atoms with Crippen LogP contribution in [0.1, 0.15) is 84.5 Å².